The van der Waals surface area contributed by atoms with E-state index in [0.717, 1.165) is 35.4 Å². The van der Waals surface area contributed by atoms with Gasteiger partial charge in [0.25, 0.3) is 0 Å². The van der Waals surface area contributed by atoms with E-state index in [0.29, 0.717) is 11.0 Å². The summed E-state index contributed by atoms with van der Waals surface area (Å²) in [5.41, 5.74) is 6.83. The minimum absolute atomic E-state index is 0.212. The molecule has 1 aliphatic rings. The number of nitrogens with one attached hydrogen (secondary N) is 1. The molecule has 3 rings (SSSR count). The summed E-state index contributed by atoms with van der Waals surface area (Å²) in [6.45, 7) is 1.71. The lowest BCUT2D eigenvalue weighted by molar-refractivity contribution is 0.750. The van der Waals surface area contributed by atoms with Crippen LogP contribution in [0.15, 0.2) is 22.7 Å². The number of aromatic nitrogens is 3. The molecule has 1 atom stereocenters. The Labute approximate surface area is 124 Å². The molecule has 0 spiro atoms. The normalized spacial score (nSPS) is 19.1. The Morgan fingerprint density at radius 1 is 1.47 bits per heavy atom. The average molecular weight is 343 g/mol. The zero-order chi connectivity index (χ0) is 13.4. The molecule has 1 aromatic carbocycles. The van der Waals surface area contributed by atoms with Crippen molar-refractivity contribution in [1.29, 1.82) is 0 Å². The average Bonchev–Trinajstić information content (AvgIpc) is 2.97. The molecule has 0 radical (unpaired) electrons. The lowest BCUT2D eigenvalue weighted by Gasteiger charge is -2.11. The van der Waals surface area contributed by atoms with Crippen molar-refractivity contribution in [1.82, 2.24) is 15.2 Å². The number of halogens is 2. The molecule has 19 heavy (non-hydrogen) atoms. The molecule has 1 aromatic heterocycles. The number of anilines is 1. The third kappa shape index (κ3) is 2.61. The highest BCUT2D eigenvalue weighted by Crippen LogP contribution is 2.29. The second-order valence-corrected chi connectivity index (χ2v) is 5.89. The maximum atomic E-state index is 5.93. The van der Waals surface area contributed by atoms with Crippen LogP contribution < -0.4 is 10.6 Å². The van der Waals surface area contributed by atoms with Crippen molar-refractivity contribution in [3.8, 4) is 11.4 Å². The van der Waals surface area contributed by atoms with Gasteiger partial charge in [-0.25, -0.2) is 0 Å². The summed E-state index contributed by atoms with van der Waals surface area (Å²) < 4.78 is 0.890. The molecule has 0 saturated carbocycles. The molecule has 7 heteroatoms. The molecule has 0 aliphatic carbocycles. The van der Waals surface area contributed by atoms with Gasteiger partial charge in [0, 0.05) is 34.2 Å². The molecular weight excluding hydrogens is 330 g/mol. The highest BCUT2D eigenvalue weighted by molar-refractivity contribution is 9.10. The Balaban J connectivity index is 1.88. The van der Waals surface area contributed by atoms with Crippen molar-refractivity contribution >= 4 is 33.5 Å². The SMILES string of the molecule is NC1CCN(c2n[nH]c(-c3ccc(Cl)cc3Br)n2)C1. The van der Waals surface area contributed by atoms with E-state index in [1.165, 1.54) is 0 Å². The van der Waals surface area contributed by atoms with E-state index >= 15 is 0 Å². The van der Waals surface area contributed by atoms with Gasteiger partial charge in [-0.05, 0) is 40.5 Å². The van der Waals surface area contributed by atoms with Crippen LogP contribution in [0.25, 0.3) is 11.4 Å². The van der Waals surface area contributed by atoms with Crippen molar-refractivity contribution in [2.45, 2.75) is 12.5 Å². The van der Waals surface area contributed by atoms with Gasteiger partial charge in [0.1, 0.15) is 0 Å². The van der Waals surface area contributed by atoms with E-state index in [4.69, 9.17) is 17.3 Å². The number of hydrogen-bond donors (Lipinski definition) is 2. The number of benzene rings is 1. The molecular formula is C12H13BrClN5. The number of nitrogens with two attached hydrogens (primary N) is 1. The molecule has 2 heterocycles. The third-order valence-corrected chi connectivity index (χ3v) is 4.06. The van der Waals surface area contributed by atoms with Gasteiger partial charge in [-0.3, -0.25) is 5.10 Å². The van der Waals surface area contributed by atoms with E-state index in [1.807, 2.05) is 18.2 Å². The van der Waals surface area contributed by atoms with E-state index in [9.17, 15) is 0 Å². The predicted octanol–water partition coefficient (Wildman–Crippen LogP) is 2.42. The summed E-state index contributed by atoms with van der Waals surface area (Å²) in [7, 11) is 0. The maximum absolute atomic E-state index is 5.93. The summed E-state index contributed by atoms with van der Waals surface area (Å²) in [6.07, 6.45) is 0.981. The highest BCUT2D eigenvalue weighted by atomic mass is 79.9. The first-order chi connectivity index (χ1) is 9.13. The number of aromatic amines is 1. The summed E-state index contributed by atoms with van der Waals surface area (Å²) in [5, 5.41) is 7.89. The van der Waals surface area contributed by atoms with Crippen LogP contribution in [-0.4, -0.2) is 34.3 Å². The van der Waals surface area contributed by atoms with Gasteiger partial charge in [-0.15, -0.1) is 5.10 Å². The standard InChI is InChI=1S/C12H13BrClN5/c13-10-5-7(14)1-2-9(10)11-16-12(18-17-11)19-4-3-8(15)6-19/h1-2,5,8H,3-4,6,15H2,(H,16,17,18). The molecule has 0 amide bonds. The van der Waals surface area contributed by atoms with Gasteiger partial charge in [-0.2, -0.15) is 4.98 Å². The van der Waals surface area contributed by atoms with Crippen molar-refractivity contribution in [2.75, 3.05) is 18.0 Å². The number of hydrogen-bond acceptors (Lipinski definition) is 4. The first-order valence-corrected chi connectivity index (χ1v) is 7.19. The summed E-state index contributed by atoms with van der Waals surface area (Å²) >= 11 is 9.41. The minimum Gasteiger partial charge on any atom is -0.338 e. The smallest absolute Gasteiger partial charge is 0.245 e. The van der Waals surface area contributed by atoms with Gasteiger partial charge in [0.15, 0.2) is 5.82 Å². The topological polar surface area (TPSA) is 70.8 Å². The van der Waals surface area contributed by atoms with Crippen molar-refractivity contribution in [3.05, 3.63) is 27.7 Å². The van der Waals surface area contributed by atoms with E-state index in [-0.39, 0.29) is 6.04 Å². The predicted molar refractivity (Wildman–Crippen MR) is 79.3 cm³/mol. The third-order valence-electron chi connectivity index (χ3n) is 3.17. The quantitative estimate of drug-likeness (QED) is 0.879. The van der Waals surface area contributed by atoms with Crippen molar-refractivity contribution < 1.29 is 0 Å². The summed E-state index contributed by atoms with van der Waals surface area (Å²) in [4.78, 5) is 6.61. The van der Waals surface area contributed by atoms with Crippen LogP contribution in [0.5, 0.6) is 0 Å². The van der Waals surface area contributed by atoms with Crippen LogP contribution in [0.2, 0.25) is 5.02 Å². The van der Waals surface area contributed by atoms with Gasteiger partial charge < -0.3 is 10.6 Å². The van der Waals surface area contributed by atoms with Crippen LogP contribution >= 0.6 is 27.5 Å². The number of nitrogens with zero attached hydrogens (tertiary/aromatic N) is 3. The first kappa shape index (κ1) is 12.9. The fourth-order valence-corrected chi connectivity index (χ4v) is 3.04. The Morgan fingerprint density at radius 2 is 2.32 bits per heavy atom. The molecule has 1 aliphatic heterocycles. The monoisotopic (exact) mass is 341 g/mol. The Hall–Kier alpha value is -1.11. The zero-order valence-corrected chi connectivity index (χ0v) is 12.4. The molecule has 2 aromatic rings. The van der Waals surface area contributed by atoms with Crippen molar-refractivity contribution in [3.63, 3.8) is 0 Å². The molecule has 100 valence electrons. The first-order valence-electron chi connectivity index (χ1n) is 6.02. The van der Waals surface area contributed by atoms with Crippen LogP contribution in [0, 0.1) is 0 Å². The molecule has 1 saturated heterocycles. The highest BCUT2D eigenvalue weighted by Gasteiger charge is 2.22. The number of rotatable bonds is 2. The molecule has 0 bridgehead atoms. The van der Waals surface area contributed by atoms with Crippen molar-refractivity contribution in [2.24, 2.45) is 5.73 Å². The number of H-pyrrole nitrogens is 1. The summed E-state index contributed by atoms with van der Waals surface area (Å²) in [6, 6.07) is 5.79. The van der Waals surface area contributed by atoms with Crippen LogP contribution in [-0.2, 0) is 0 Å². The van der Waals surface area contributed by atoms with Crippen LogP contribution in [0.4, 0.5) is 5.95 Å². The zero-order valence-electron chi connectivity index (χ0n) is 10.1. The molecule has 1 fully saturated rings. The minimum atomic E-state index is 0.212. The van der Waals surface area contributed by atoms with Gasteiger partial charge >= 0.3 is 0 Å². The van der Waals surface area contributed by atoms with Gasteiger partial charge in [0.05, 0.1) is 0 Å². The lowest BCUT2D eigenvalue weighted by atomic mass is 10.2. The fourth-order valence-electron chi connectivity index (χ4n) is 2.17. The Morgan fingerprint density at radius 3 is 3.00 bits per heavy atom. The van der Waals surface area contributed by atoms with Crippen LogP contribution in [0.3, 0.4) is 0 Å². The molecule has 1 unspecified atom stereocenters. The lowest BCUT2D eigenvalue weighted by Crippen LogP contribution is -2.26. The van der Waals surface area contributed by atoms with Crippen LogP contribution in [0.1, 0.15) is 6.42 Å². The largest absolute Gasteiger partial charge is 0.338 e. The second kappa shape index (κ2) is 5.11. The maximum Gasteiger partial charge on any atom is 0.245 e. The second-order valence-electron chi connectivity index (χ2n) is 4.60. The fraction of sp³-hybridized carbons (Fsp3) is 0.333. The van der Waals surface area contributed by atoms with E-state index in [2.05, 4.69) is 36.0 Å². The Kier molecular flexibility index (Phi) is 3.47. The van der Waals surface area contributed by atoms with Gasteiger partial charge in [0.2, 0.25) is 5.95 Å². The Bertz CT molecular complexity index is 600. The molecule has 5 nitrogen and oxygen atoms in total. The van der Waals surface area contributed by atoms with Gasteiger partial charge in [-0.1, -0.05) is 11.6 Å². The molecule has 3 N–H and O–H groups in total. The van der Waals surface area contributed by atoms with E-state index in [1.54, 1.807) is 0 Å². The van der Waals surface area contributed by atoms with E-state index < -0.39 is 0 Å². The summed E-state index contributed by atoms with van der Waals surface area (Å²) in [5.74, 6) is 1.42.